The lowest BCUT2D eigenvalue weighted by atomic mass is 9.87. The largest absolute Gasteiger partial charge is 0.480 e. The second-order valence-electron chi connectivity index (χ2n) is 9.47. The Balaban J connectivity index is 2.47. The zero-order valence-corrected chi connectivity index (χ0v) is 21.0. The molecule has 1 aliphatic rings. The fraction of sp³-hybridized carbons (Fsp3) is 0.560. The molecule has 1 unspecified atom stereocenters. The molecule has 0 saturated heterocycles. The van der Waals surface area contributed by atoms with Crippen LogP contribution >= 0.6 is 0 Å². The number of aliphatic carboxylic acids is 5. The molecule has 1 fully saturated rings. The Morgan fingerprint density at radius 2 is 1.08 bits per heavy atom. The average Bonchev–Trinajstić information content (AvgIpc) is 2.81. The number of rotatable bonds is 17. The molecule has 1 aliphatic carbocycles. The topological polar surface area (TPSA) is 196 Å². The van der Waals surface area contributed by atoms with E-state index in [1.54, 1.807) is 35.2 Å². The second kappa shape index (κ2) is 15.0. The molecular formula is C25H35N3O10. The van der Waals surface area contributed by atoms with Crippen LogP contribution in [-0.2, 0) is 30.4 Å². The summed E-state index contributed by atoms with van der Waals surface area (Å²) < 4.78 is 0. The summed E-state index contributed by atoms with van der Waals surface area (Å²) in [5.74, 6) is -6.07. The highest BCUT2D eigenvalue weighted by Gasteiger charge is 2.38. The van der Waals surface area contributed by atoms with Crippen LogP contribution in [0.2, 0.25) is 0 Å². The Bertz CT molecular complexity index is 941. The molecule has 2 rings (SSSR count). The third-order valence-corrected chi connectivity index (χ3v) is 6.60. The second-order valence-corrected chi connectivity index (χ2v) is 9.47. The van der Waals surface area contributed by atoms with E-state index in [0.29, 0.717) is 25.7 Å². The molecule has 13 heteroatoms. The van der Waals surface area contributed by atoms with E-state index in [0.717, 1.165) is 5.56 Å². The number of carboxylic acids is 5. The van der Waals surface area contributed by atoms with E-state index in [2.05, 4.69) is 0 Å². The predicted octanol–water partition coefficient (Wildman–Crippen LogP) is 0.238. The van der Waals surface area contributed by atoms with E-state index in [1.165, 1.54) is 9.80 Å². The van der Waals surface area contributed by atoms with Crippen LogP contribution in [0.15, 0.2) is 30.3 Å². The molecule has 1 aromatic carbocycles. The van der Waals surface area contributed by atoms with Gasteiger partial charge in [-0.3, -0.25) is 38.7 Å². The lowest BCUT2D eigenvalue weighted by molar-refractivity contribution is -0.146. The normalized spacial score (nSPS) is 18.4. The molecule has 5 N–H and O–H groups in total. The van der Waals surface area contributed by atoms with Gasteiger partial charge in [0.2, 0.25) is 0 Å². The van der Waals surface area contributed by atoms with Crippen molar-refractivity contribution in [2.45, 2.75) is 50.2 Å². The highest BCUT2D eigenvalue weighted by atomic mass is 16.4. The van der Waals surface area contributed by atoms with Crippen molar-refractivity contribution in [1.82, 2.24) is 14.7 Å². The van der Waals surface area contributed by atoms with Gasteiger partial charge >= 0.3 is 29.8 Å². The summed E-state index contributed by atoms with van der Waals surface area (Å²) in [5, 5.41) is 47.4. The quantitative estimate of drug-likeness (QED) is 0.181. The molecule has 0 aromatic heterocycles. The first kappa shape index (κ1) is 30.7. The maximum atomic E-state index is 11.9. The molecule has 38 heavy (non-hydrogen) atoms. The maximum Gasteiger partial charge on any atom is 0.317 e. The number of carboxylic acid groups (broad SMARTS) is 5. The van der Waals surface area contributed by atoms with Crippen LogP contribution in [0, 0.1) is 0 Å². The van der Waals surface area contributed by atoms with Crippen LogP contribution in [0.5, 0.6) is 0 Å². The van der Waals surface area contributed by atoms with E-state index >= 15 is 0 Å². The standard InChI is InChI=1S/C25H35N3O10/c29-21(30)12-26(13-22(31)32)18(10-17-6-2-1-3-7-17)11-27(14-23(33)34)19-8-4-5-9-20(19)28(15-24(35)36)16-25(37)38/h1-3,6-7,18-20H,4-5,8-16H2,(H,29,30)(H,31,32)(H,33,34)(H,35,36)(H,37,38)/t18?,19-,20+/m1/s1. The number of hydrogen-bond acceptors (Lipinski definition) is 8. The molecule has 1 saturated carbocycles. The molecule has 0 spiro atoms. The van der Waals surface area contributed by atoms with Gasteiger partial charge in [0.05, 0.1) is 32.7 Å². The highest BCUT2D eigenvalue weighted by molar-refractivity contribution is 5.73. The summed E-state index contributed by atoms with van der Waals surface area (Å²) in [6, 6.07) is 7.17. The fourth-order valence-electron chi connectivity index (χ4n) is 5.20. The Morgan fingerprint density at radius 3 is 1.53 bits per heavy atom. The van der Waals surface area contributed by atoms with Crippen molar-refractivity contribution < 1.29 is 49.5 Å². The minimum absolute atomic E-state index is 0.0170. The zero-order chi connectivity index (χ0) is 28.2. The molecule has 0 radical (unpaired) electrons. The van der Waals surface area contributed by atoms with Crippen molar-refractivity contribution >= 4 is 29.8 Å². The smallest absolute Gasteiger partial charge is 0.317 e. The Morgan fingerprint density at radius 1 is 0.658 bits per heavy atom. The van der Waals surface area contributed by atoms with Crippen LogP contribution in [-0.4, -0.2) is 127 Å². The van der Waals surface area contributed by atoms with Gasteiger partial charge in [-0.05, 0) is 24.8 Å². The third-order valence-electron chi connectivity index (χ3n) is 6.60. The molecule has 1 aromatic rings. The van der Waals surface area contributed by atoms with Gasteiger partial charge in [-0.25, -0.2) is 0 Å². The van der Waals surface area contributed by atoms with Crippen molar-refractivity contribution in [2.24, 2.45) is 0 Å². The summed E-state index contributed by atoms with van der Waals surface area (Å²) in [6.45, 7) is -2.71. The Kier molecular flexibility index (Phi) is 12.1. The molecule has 0 heterocycles. The van der Waals surface area contributed by atoms with Gasteiger partial charge in [0.25, 0.3) is 0 Å². The first-order valence-electron chi connectivity index (χ1n) is 12.3. The SMILES string of the molecule is O=C(O)CN(CC(=O)O)C(Cc1ccccc1)CN(CC(=O)O)[C@@H]1CCCC[C@@H]1N(CC(=O)O)CC(=O)O. The summed E-state index contributed by atoms with van der Waals surface area (Å²) in [6.07, 6.45) is 2.59. The highest BCUT2D eigenvalue weighted by Crippen LogP contribution is 2.28. The van der Waals surface area contributed by atoms with E-state index in [4.69, 9.17) is 0 Å². The van der Waals surface area contributed by atoms with Gasteiger partial charge in [0.15, 0.2) is 0 Å². The lowest BCUT2D eigenvalue weighted by Crippen LogP contribution is -2.59. The minimum Gasteiger partial charge on any atom is -0.480 e. The average molecular weight is 538 g/mol. The minimum atomic E-state index is -1.24. The lowest BCUT2D eigenvalue weighted by Gasteiger charge is -2.45. The fourth-order valence-corrected chi connectivity index (χ4v) is 5.20. The van der Waals surface area contributed by atoms with Gasteiger partial charge in [-0.1, -0.05) is 43.2 Å². The summed E-state index contributed by atoms with van der Waals surface area (Å²) in [5.41, 5.74) is 0.798. The van der Waals surface area contributed by atoms with E-state index in [-0.39, 0.29) is 13.0 Å². The van der Waals surface area contributed by atoms with Gasteiger partial charge in [-0.2, -0.15) is 0 Å². The number of hydrogen-bond donors (Lipinski definition) is 5. The molecule has 3 atom stereocenters. The third kappa shape index (κ3) is 10.4. The van der Waals surface area contributed by atoms with Crippen molar-refractivity contribution in [3.8, 4) is 0 Å². The summed E-state index contributed by atoms with van der Waals surface area (Å²) >= 11 is 0. The van der Waals surface area contributed by atoms with Crippen molar-refractivity contribution in [3.63, 3.8) is 0 Å². The van der Waals surface area contributed by atoms with E-state index in [9.17, 15) is 49.5 Å². The van der Waals surface area contributed by atoms with Crippen LogP contribution < -0.4 is 0 Å². The number of carbonyl (C=O) groups is 5. The van der Waals surface area contributed by atoms with Gasteiger partial charge in [-0.15, -0.1) is 0 Å². The molecule has 0 bridgehead atoms. The Hall–Kier alpha value is -3.55. The van der Waals surface area contributed by atoms with Crippen molar-refractivity contribution in [1.29, 1.82) is 0 Å². The van der Waals surface area contributed by atoms with Gasteiger partial charge in [0, 0.05) is 24.7 Å². The first-order valence-corrected chi connectivity index (χ1v) is 12.3. The van der Waals surface area contributed by atoms with Crippen LogP contribution in [0.25, 0.3) is 0 Å². The number of nitrogens with zero attached hydrogens (tertiary/aromatic N) is 3. The molecule has 13 nitrogen and oxygen atoms in total. The van der Waals surface area contributed by atoms with Crippen molar-refractivity contribution in [2.75, 3.05) is 39.3 Å². The van der Waals surface area contributed by atoms with E-state index in [1.807, 2.05) is 0 Å². The monoisotopic (exact) mass is 537 g/mol. The van der Waals surface area contributed by atoms with Crippen LogP contribution in [0.4, 0.5) is 0 Å². The van der Waals surface area contributed by atoms with Crippen LogP contribution in [0.1, 0.15) is 31.2 Å². The first-order chi connectivity index (χ1) is 18.0. The van der Waals surface area contributed by atoms with Gasteiger partial charge < -0.3 is 25.5 Å². The zero-order valence-electron chi connectivity index (χ0n) is 21.0. The molecule has 0 amide bonds. The molecule has 0 aliphatic heterocycles. The maximum absolute atomic E-state index is 11.9. The molecule has 210 valence electrons. The van der Waals surface area contributed by atoms with Crippen molar-refractivity contribution in [3.05, 3.63) is 35.9 Å². The van der Waals surface area contributed by atoms with Gasteiger partial charge in [0.1, 0.15) is 0 Å². The molecular weight excluding hydrogens is 502 g/mol. The summed E-state index contributed by atoms with van der Waals surface area (Å²) in [4.78, 5) is 62.3. The Labute approximate surface area is 219 Å². The van der Waals surface area contributed by atoms with E-state index < -0.39 is 80.7 Å². The predicted molar refractivity (Wildman–Crippen MR) is 133 cm³/mol. The van der Waals surface area contributed by atoms with Crippen LogP contribution in [0.3, 0.4) is 0 Å². The number of benzene rings is 1. The summed E-state index contributed by atoms with van der Waals surface area (Å²) in [7, 11) is 0.